The van der Waals surface area contributed by atoms with E-state index < -0.39 is 0 Å². The number of hydrogen-bond donors (Lipinski definition) is 1. The molecule has 3 aromatic rings. The molecule has 0 saturated heterocycles. The van der Waals surface area contributed by atoms with Gasteiger partial charge in [0.15, 0.2) is 0 Å². The molecule has 2 aromatic carbocycles. The molecule has 28 heavy (non-hydrogen) atoms. The zero-order valence-corrected chi connectivity index (χ0v) is 18.0. The summed E-state index contributed by atoms with van der Waals surface area (Å²) in [5.41, 5.74) is 5.26. The molecule has 1 fully saturated rings. The van der Waals surface area contributed by atoms with Crippen LogP contribution < -0.4 is 5.32 Å². The lowest BCUT2D eigenvalue weighted by Gasteiger charge is -2.07. The van der Waals surface area contributed by atoms with Gasteiger partial charge in [-0.05, 0) is 68.4 Å². The van der Waals surface area contributed by atoms with E-state index in [1.165, 1.54) is 32.1 Å². The molecule has 0 spiro atoms. The Bertz CT molecular complexity index is 987. The van der Waals surface area contributed by atoms with Gasteiger partial charge in [-0.1, -0.05) is 45.8 Å². The molecule has 146 valence electrons. The van der Waals surface area contributed by atoms with E-state index in [0.717, 1.165) is 45.2 Å². The fourth-order valence-electron chi connectivity index (χ4n) is 3.82. The number of fused-ring (bicyclic) bond motifs is 1. The van der Waals surface area contributed by atoms with E-state index in [9.17, 15) is 4.79 Å². The summed E-state index contributed by atoms with van der Waals surface area (Å²) in [6.07, 6.45) is 7.44. The van der Waals surface area contributed by atoms with E-state index in [0.29, 0.717) is 0 Å². The van der Waals surface area contributed by atoms with Crippen molar-refractivity contribution in [2.75, 3.05) is 6.54 Å². The van der Waals surface area contributed by atoms with E-state index in [1.807, 2.05) is 0 Å². The molecule has 4 rings (SSSR count). The van der Waals surface area contributed by atoms with Crippen LogP contribution in [0.3, 0.4) is 0 Å². The molecular formula is C24H27BrN2O. The van der Waals surface area contributed by atoms with E-state index in [1.54, 1.807) is 0 Å². The Morgan fingerprint density at radius 1 is 1.14 bits per heavy atom. The number of nitrogens with zero attached hydrogens (tertiary/aromatic N) is 1. The van der Waals surface area contributed by atoms with Crippen LogP contribution in [0.5, 0.6) is 0 Å². The van der Waals surface area contributed by atoms with Gasteiger partial charge in [0.25, 0.3) is 0 Å². The van der Waals surface area contributed by atoms with Gasteiger partial charge >= 0.3 is 0 Å². The van der Waals surface area contributed by atoms with Crippen LogP contribution in [-0.4, -0.2) is 17.0 Å². The Balaban J connectivity index is 1.45. The van der Waals surface area contributed by atoms with Gasteiger partial charge in [-0.2, -0.15) is 0 Å². The van der Waals surface area contributed by atoms with Gasteiger partial charge in [-0.25, -0.2) is 0 Å². The Labute approximate surface area is 175 Å². The van der Waals surface area contributed by atoms with Gasteiger partial charge in [0.2, 0.25) is 5.91 Å². The van der Waals surface area contributed by atoms with Gasteiger partial charge in [-0.3, -0.25) is 4.79 Å². The van der Waals surface area contributed by atoms with Crippen molar-refractivity contribution in [3.63, 3.8) is 0 Å². The number of rotatable bonds is 8. The third kappa shape index (κ3) is 4.49. The molecule has 1 amide bonds. The van der Waals surface area contributed by atoms with Crippen molar-refractivity contribution in [3.05, 3.63) is 69.8 Å². The Morgan fingerprint density at radius 3 is 2.75 bits per heavy atom. The first-order valence-corrected chi connectivity index (χ1v) is 11.0. The summed E-state index contributed by atoms with van der Waals surface area (Å²) >= 11 is 3.65. The Hall–Kier alpha value is -2.07. The molecule has 0 unspecified atom stereocenters. The Kier molecular flexibility index (Phi) is 5.86. The minimum absolute atomic E-state index is 0.230. The molecule has 1 heterocycles. The minimum Gasteiger partial charge on any atom is -0.356 e. The van der Waals surface area contributed by atoms with Crippen molar-refractivity contribution in [2.24, 2.45) is 5.92 Å². The number of carbonyl (C=O) groups excluding carboxylic acids is 1. The summed E-state index contributed by atoms with van der Waals surface area (Å²) in [4.78, 5) is 11.9. The van der Waals surface area contributed by atoms with E-state index >= 15 is 0 Å². The maximum atomic E-state index is 11.9. The van der Waals surface area contributed by atoms with Crippen molar-refractivity contribution < 1.29 is 4.79 Å². The molecule has 3 nitrogen and oxygen atoms in total. The van der Waals surface area contributed by atoms with Crippen LogP contribution in [0.2, 0.25) is 0 Å². The molecule has 1 aliphatic carbocycles. The topological polar surface area (TPSA) is 34.0 Å². The van der Waals surface area contributed by atoms with Crippen molar-refractivity contribution >= 4 is 32.7 Å². The second-order valence-corrected chi connectivity index (χ2v) is 8.73. The average Bonchev–Trinajstić information content (AvgIpc) is 3.48. The summed E-state index contributed by atoms with van der Waals surface area (Å²) < 4.78 is 3.57. The van der Waals surface area contributed by atoms with Crippen LogP contribution in [0, 0.1) is 12.8 Å². The first kappa shape index (κ1) is 19.3. The third-order valence-corrected chi connectivity index (χ3v) is 6.34. The first-order chi connectivity index (χ1) is 13.6. The molecule has 1 saturated carbocycles. The van der Waals surface area contributed by atoms with Gasteiger partial charge < -0.3 is 9.88 Å². The maximum Gasteiger partial charge on any atom is 0.223 e. The summed E-state index contributed by atoms with van der Waals surface area (Å²) in [7, 11) is 0. The number of nitrogens with one attached hydrogen (secondary N) is 1. The van der Waals surface area contributed by atoms with E-state index in [2.05, 4.69) is 81.4 Å². The fourth-order valence-corrected chi connectivity index (χ4v) is 4.30. The maximum absolute atomic E-state index is 11.9. The molecular weight excluding hydrogens is 412 g/mol. The van der Waals surface area contributed by atoms with Crippen molar-refractivity contribution in [3.8, 4) is 0 Å². The molecule has 0 aliphatic heterocycles. The molecule has 0 bridgehead atoms. The zero-order chi connectivity index (χ0) is 19.5. The molecule has 1 aliphatic rings. The van der Waals surface area contributed by atoms with E-state index in [-0.39, 0.29) is 11.8 Å². The standard InChI is InChI=1S/C24H27BrN2O/c1-17-8-11-23-21(15-17)20(12-13-26-24(28)19-9-10-19)16-27(23)14-4-6-18-5-2-3-7-22(18)25/h2-3,5,7-8,11,15-16,19H,4,6,9-10,12-14H2,1H3,(H,26,28). The third-order valence-electron chi connectivity index (χ3n) is 5.56. The highest BCUT2D eigenvalue weighted by Crippen LogP contribution is 2.29. The fraction of sp³-hybridized carbons (Fsp3) is 0.375. The number of carbonyl (C=O) groups is 1. The van der Waals surface area contributed by atoms with Crippen LogP contribution in [0.15, 0.2) is 53.1 Å². The largest absolute Gasteiger partial charge is 0.356 e. The SMILES string of the molecule is Cc1ccc2c(c1)c(CCNC(=O)C1CC1)cn2CCCc1ccccc1Br. The average molecular weight is 439 g/mol. The van der Waals surface area contributed by atoms with E-state index in [4.69, 9.17) is 0 Å². The van der Waals surface area contributed by atoms with Crippen molar-refractivity contribution in [2.45, 2.75) is 45.6 Å². The highest BCUT2D eigenvalue weighted by Gasteiger charge is 2.29. The van der Waals surface area contributed by atoms with Gasteiger partial charge in [0, 0.05) is 40.6 Å². The van der Waals surface area contributed by atoms with Gasteiger partial charge in [0.1, 0.15) is 0 Å². The minimum atomic E-state index is 0.230. The molecule has 1 aromatic heterocycles. The normalized spacial score (nSPS) is 13.8. The molecule has 4 heteroatoms. The van der Waals surface area contributed by atoms with Gasteiger partial charge in [0.05, 0.1) is 0 Å². The van der Waals surface area contributed by atoms with Crippen LogP contribution in [0.1, 0.15) is 36.0 Å². The summed E-state index contributed by atoms with van der Waals surface area (Å²) in [5, 5.41) is 4.42. The van der Waals surface area contributed by atoms with Crippen LogP contribution in [0.25, 0.3) is 10.9 Å². The number of hydrogen-bond acceptors (Lipinski definition) is 1. The molecule has 0 atom stereocenters. The quantitative estimate of drug-likeness (QED) is 0.500. The summed E-state index contributed by atoms with van der Waals surface area (Å²) in [6, 6.07) is 15.1. The zero-order valence-electron chi connectivity index (χ0n) is 16.4. The van der Waals surface area contributed by atoms with Crippen LogP contribution >= 0.6 is 15.9 Å². The predicted octanol–water partition coefficient (Wildman–Crippen LogP) is 5.41. The second-order valence-electron chi connectivity index (χ2n) is 7.88. The smallest absolute Gasteiger partial charge is 0.223 e. The highest BCUT2D eigenvalue weighted by atomic mass is 79.9. The number of benzene rings is 2. The highest BCUT2D eigenvalue weighted by molar-refractivity contribution is 9.10. The van der Waals surface area contributed by atoms with Crippen LogP contribution in [0.4, 0.5) is 0 Å². The first-order valence-electron chi connectivity index (χ1n) is 10.2. The Morgan fingerprint density at radius 2 is 1.96 bits per heavy atom. The monoisotopic (exact) mass is 438 g/mol. The van der Waals surface area contributed by atoms with Crippen molar-refractivity contribution in [1.82, 2.24) is 9.88 Å². The number of halogens is 1. The lowest BCUT2D eigenvalue weighted by molar-refractivity contribution is -0.122. The lowest BCUT2D eigenvalue weighted by Crippen LogP contribution is -2.26. The number of aryl methyl sites for hydroxylation is 3. The predicted molar refractivity (Wildman–Crippen MR) is 119 cm³/mol. The van der Waals surface area contributed by atoms with Crippen molar-refractivity contribution in [1.29, 1.82) is 0 Å². The summed E-state index contributed by atoms with van der Waals surface area (Å²) in [5.74, 6) is 0.509. The molecule has 0 radical (unpaired) electrons. The van der Waals surface area contributed by atoms with Crippen LogP contribution in [-0.2, 0) is 24.2 Å². The second kappa shape index (κ2) is 8.52. The molecule has 1 N–H and O–H groups in total. The number of amides is 1. The summed E-state index contributed by atoms with van der Waals surface area (Å²) in [6.45, 7) is 3.86. The van der Waals surface area contributed by atoms with Gasteiger partial charge in [-0.15, -0.1) is 0 Å². The lowest BCUT2D eigenvalue weighted by atomic mass is 10.1. The number of aromatic nitrogens is 1.